The highest BCUT2D eigenvalue weighted by Crippen LogP contribution is 2.22. The summed E-state index contributed by atoms with van der Waals surface area (Å²) in [4.78, 5) is 6.51. The molecule has 0 aromatic heterocycles. The number of guanidine groups is 1. The third-order valence-corrected chi connectivity index (χ3v) is 5.54. The zero-order valence-electron chi connectivity index (χ0n) is 19.8. The van der Waals surface area contributed by atoms with E-state index < -0.39 is 0 Å². The predicted molar refractivity (Wildman–Crippen MR) is 142 cm³/mol. The van der Waals surface area contributed by atoms with Gasteiger partial charge in [-0.25, -0.2) is 4.39 Å². The van der Waals surface area contributed by atoms with Crippen molar-refractivity contribution in [1.29, 1.82) is 0 Å². The first kappa shape index (κ1) is 27.3. The molecular weight excluding hydrogens is 534 g/mol. The van der Waals surface area contributed by atoms with Crippen molar-refractivity contribution in [1.82, 2.24) is 15.5 Å². The van der Waals surface area contributed by atoms with Gasteiger partial charge in [-0.3, -0.25) is 4.99 Å². The van der Waals surface area contributed by atoms with Crippen LogP contribution in [-0.4, -0.2) is 57.9 Å². The molecule has 6 nitrogen and oxygen atoms in total. The van der Waals surface area contributed by atoms with Crippen LogP contribution in [-0.2, 0) is 17.8 Å². The lowest BCUT2D eigenvalue weighted by Gasteiger charge is -2.19. The maximum Gasteiger partial charge on any atom is 0.191 e. The number of nitrogens with one attached hydrogen (secondary N) is 2. The van der Waals surface area contributed by atoms with Crippen molar-refractivity contribution in [3.63, 3.8) is 0 Å². The average Bonchev–Trinajstić information content (AvgIpc) is 3.31. The second-order valence-corrected chi connectivity index (χ2v) is 8.37. The molecule has 0 aliphatic carbocycles. The normalized spacial score (nSPS) is 15.9. The quantitative estimate of drug-likeness (QED) is 0.258. The maximum absolute atomic E-state index is 13.1. The number of ether oxygens (including phenoxy) is 2. The Morgan fingerprint density at radius 2 is 2.00 bits per heavy atom. The fourth-order valence-corrected chi connectivity index (χ4v) is 3.61. The molecule has 0 bridgehead atoms. The summed E-state index contributed by atoms with van der Waals surface area (Å²) in [5.41, 5.74) is 3.37. The van der Waals surface area contributed by atoms with Gasteiger partial charge in [0, 0.05) is 51.3 Å². The van der Waals surface area contributed by atoms with Crippen LogP contribution in [0.2, 0.25) is 0 Å². The first-order chi connectivity index (χ1) is 15.5. The third kappa shape index (κ3) is 9.46. The lowest BCUT2D eigenvalue weighted by molar-refractivity contribution is 0.166. The fraction of sp³-hybridized carbons (Fsp3) is 0.480. The van der Waals surface area contributed by atoms with Crippen molar-refractivity contribution in [2.24, 2.45) is 10.9 Å². The summed E-state index contributed by atoms with van der Waals surface area (Å²) in [6, 6.07) is 12.9. The molecule has 3 rings (SSSR count). The highest BCUT2D eigenvalue weighted by molar-refractivity contribution is 14.0. The fourth-order valence-electron chi connectivity index (χ4n) is 3.61. The van der Waals surface area contributed by atoms with Crippen molar-refractivity contribution in [3.8, 4) is 5.75 Å². The van der Waals surface area contributed by atoms with Gasteiger partial charge in [0.05, 0.1) is 13.2 Å². The Balaban J connectivity index is 0.00000385. The number of aryl methyl sites for hydroxylation is 1. The van der Waals surface area contributed by atoms with Gasteiger partial charge in [0.15, 0.2) is 5.96 Å². The molecule has 2 aromatic rings. The summed E-state index contributed by atoms with van der Waals surface area (Å²) in [5, 5.41) is 6.73. The number of nitrogens with zero attached hydrogens (tertiary/aromatic N) is 2. The molecule has 182 valence electrons. The molecule has 8 heteroatoms. The predicted octanol–water partition coefficient (Wildman–Crippen LogP) is 3.96. The Hall–Kier alpha value is -1.91. The molecule has 1 unspecified atom stereocenters. The van der Waals surface area contributed by atoms with Gasteiger partial charge in [0.1, 0.15) is 11.6 Å². The minimum Gasteiger partial charge on any atom is -0.493 e. The van der Waals surface area contributed by atoms with E-state index in [2.05, 4.69) is 45.6 Å². The van der Waals surface area contributed by atoms with Gasteiger partial charge in [-0.05, 0) is 49.7 Å². The number of benzene rings is 2. The van der Waals surface area contributed by atoms with Crippen LogP contribution in [0.3, 0.4) is 0 Å². The topological polar surface area (TPSA) is 58.1 Å². The molecule has 0 radical (unpaired) electrons. The summed E-state index contributed by atoms with van der Waals surface area (Å²) in [6.45, 7) is 7.35. The molecule has 1 heterocycles. The van der Waals surface area contributed by atoms with Crippen LogP contribution >= 0.6 is 24.0 Å². The number of hydrogen-bond donors (Lipinski definition) is 2. The van der Waals surface area contributed by atoms with Gasteiger partial charge in [-0.1, -0.05) is 24.3 Å². The Bertz CT molecular complexity index is 873. The second-order valence-electron chi connectivity index (χ2n) is 8.37. The standard InChI is InChI=1S/C25H35FN4O2.HI/c1-19-4-7-22(24(14-19)32-18-21-10-13-31-17-21)15-29-25(27-2)28-11-12-30(3)16-20-5-8-23(26)9-6-20;/h4-9,14,21H,10-13,15-18H2,1-3H3,(H2,27,28,29);1H. The highest BCUT2D eigenvalue weighted by atomic mass is 127. The largest absolute Gasteiger partial charge is 0.493 e. The first-order valence-corrected chi connectivity index (χ1v) is 11.2. The summed E-state index contributed by atoms with van der Waals surface area (Å²) in [6.07, 6.45) is 1.06. The van der Waals surface area contributed by atoms with Crippen LogP contribution in [0.4, 0.5) is 4.39 Å². The molecule has 0 spiro atoms. The van der Waals surface area contributed by atoms with Crippen molar-refractivity contribution < 1.29 is 13.9 Å². The molecular formula is C25H36FIN4O2. The Labute approximate surface area is 214 Å². The van der Waals surface area contributed by atoms with Gasteiger partial charge >= 0.3 is 0 Å². The average molecular weight is 570 g/mol. The van der Waals surface area contributed by atoms with E-state index in [0.29, 0.717) is 19.1 Å². The molecule has 1 saturated heterocycles. The number of aliphatic imine (C=N–C) groups is 1. The minimum atomic E-state index is -0.206. The molecule has 1 fully saturated rings. The number of halogens is 2. The summed E-state index contributed by atoms with van der Waals surface area (Å²) in [5.74, 6) is 1.93. The number of rotatable bonds is 10. The Morgan fingerprint density at radius 3 is 2.70 bits per heavy atom. The summed E-state index contributed by atoms with van der Waals surface area (Å²) in [7, 11) is 3.82. The lowest BCUT2D eigenvalue weighted by atomic mass is 10.1. The monoisotopic (exact) mass is 570 g/mol. The van der Waals surface area contributed by atoms with Crippen molar-refractivity contribution >= 4 is 29.9 Å². The molecule has 2 N–H and O–H groups in total. The van der Waals surface area contributed by atoms with E-state index in [9.17, 15) is 4.39 Å². The Morgan fingerprint density at radius 1 is 1.21 bits per heavy atom. The van der Waals surface area contributed by atoms with Crippen molar-refractivity contribution in [2.45, 2.75) is 26.4 Å². The van der Waals surface area contributed by atoms with Crippen molar-refractivity contribution in [3.05, 3.63) is 65.0 Å². The Kier molecular flexibility index (Phi) is 11.9. The van der Waals surface area contributed by atoms with E-state index in [-0.39, 0.29) is 29.8 Å². The molecule has 2 aromatic carbocycles. The third-order valence-electron chi connectivity index (χ3n) is 5.54. The first-order valence-electron chi connectivity index (χ1n) is 11.2. The zero-order chi connectivity index (χ0) is 22.8. The molecule has 1 aliphatic rings. The molecule has 1 aliphatic heterocycles. The molecule has 0 saturated carbocycles. The van der Waals surface area contributed by atoms with Crippen LogP contribution < -0.4 is 15.4 Å². The summed E-state index contributed by atoms with van der Waals surface area (Å²) < 4.78 is 24.6. The zero-order valence-corrected chi connectivity index (χ0v) is 22.1. The summed E-state index contributed by atoms with van der Waals surface area (Å²) >= 11 is 0. The lowest BCUT2D eigenvalue weighted by Crippen LogP contribution is -2.40. The van der Waals surface area contributed by atoms with Gasteiger partial charge in [0.2, 0.25) is 0 Å². The minimum absolute atomic E-state index is 0. The van der Waals surface area contributed by atoms with E-state index >= 15 is 0 Å². The van der Waals surface area contributed by atoms with E-state index in [1.165, 1.54) is 17.7 Å². The second kappa shape index (κ2) is 14.4. The maximum atomic E-state index is 13.1. The van der Waals surface area contributed by atoms with Gasteiger partial charge in [-0.15, -0.1) is 24.0 Å². The number of likely N-dealkylation sites (N-methyl/N-ethyl adjacent to an activating group) is 1. The molecule has 1 atom stereocenters. The van der Waals surface area contributed by atoms with E-state index in [4.69, 9.17) is 9.47 Å². The van der Waals surface area contributed by atoms with E-state index in [0.717, 1.165) is 62.1 Å². The van der Waals surface area contributed by atoms with Crippen LogP contribution in [0.25, 0.3) is 0 Å². The molecule has 33 heavy (non-hydrogen) atoms. The van der Waals surface area contributed by atoms with Gasteiger partial charge in [-0.2, -0.15) is 0 Å². The SMILES string of the molecule is CN=C(NCCN(C)Cc1ccc(F)cc1)NCc1ccc(C)cc1OCC1CCOC1.I. The number of hydrogen-bond acceptors (Lipinski definition) is 4. The van der Waals surface area contributed by atoms with Gasteiger partial charge in [0.25, 0.3) is 0 Å². The van der Waals surface area contributed by atoms with Crippen LogP contribution in [0.5, 0.6) is 5.75 Å². The van der Waals surface area contributed by atoms with Crippen LogP contribution in [0.1, 0.15) is 23.1 Å². The smallest absolute Gasteiger partial charge is 0.191 e. The molecule has 0 amide bonds. The van der Waals surface area contributed by atoms with E-state index in [1.54, 1.807) is 7.05 Å². The van der Waals surface area contributed by atoms with Crippen LogP contribution in [0.15, 0.2) is 47.5 Å². The highest BCUT2D eigenvalue weighted by Gasteiger charge is 2.17. The van der Waals surface area contributed by atoms with E-state index in [1.807, 2.05) is 19.2 Å². The van der Waals surface area contributed by atoms with Crippen molar-refractivity contribution in [2.75, 3.05) is 47.0 Å². The van der Waals surface area contributed by atoms with Gasteiger partial charge < -0.3 is 25.0 Å². The van der Waals surface area contributed by atoms with Crippen LogP contribution in [0, 0.1) is 18.7 Å².